The fraction of sp³-hybridized carbons (Fsp3) is 0.400. The largest absolute Gasteiger partial charge is 0.497 e. The van der Waals surface area contributed by atoms with Crippen LogP contribution in [0, 0.1) is 6.92 Å². The molecule has 1 aliphatic heterocycles. The number of rotatable bonds is 3. The zero-order chi connectivity index (χ0) is 15.0. The SMILES string of the molecule is COc1cccc([C@@H]2C[C@@H](C(F)F)n3nc(C)cc3N2)c1. The summed E-state index contributed by atoms with van der Waals surface area (Å²) in [6, 6.07) is 8.20. The summed E-state index contributed by atoms with van der Waals surface area (Å²) in [6.45, 7) is 1.80. The highest BCUT2D eigenvalue weighted by Crippen LogP contribution is 2.38. The van der Waals surface area contributed by atoms with Gasteiger partial charge in [0, 0.05) is 6.07 Å². The molecule has 112 valence electrons. The second-order valence-electron chi connectivity index (χ2n) is 5.23. The summed E-state index contributed by atoms with van der Waals surface area (Å²) in [4.78, 5) is 0. The molecule has 0 saturated heterocycles. The molecule has 21 heavy (non-hydrogen) atoms. The number of hydrogen-bond donors (Lipinski definition) is 1. The predicted molar refractivity (Wildman–Crippen MR) is 76.0 cm³/mol. The molecule has 4 nitrogen and oxygen atoms in total. The molecule has 0 saturated carbocycles. The third kappa shape index (κ3) is 2.57. The molecule has 6 heteroatoms. The number of ether oxygens (including phenoxy) is 1. The van der Waals surface area contributed by atoms with Crippen LogP contribution in [0.1, 0.15) is 29.8 Å². The van der Waals surface area contributed by atoms with Crippen LogP contribution in [0.5, 0.6) is 5.75 Å². The van der Waals surface area contributed by atoms with Gasteiger partial charge in [-0.2, -0.15) is 5.10 Å². The van der Waals surface area contributed by atoms with Crippen LogP contribution in [0.3, 0.4) is 0 Å². The van der Waals surface area contributed by atoms with Crippen LogP contribution in [0.4, 0.5) is 14.6 Å². The number of aryl methyl sites for hydroxylation is 1. The highest BCUT2D eigenvalue weighted by Gasteiger charge is 2.34. The molecule has 0 unspecified atom stereocenters. The maximum absolute atomic E-state index is 13.3. The van der Waals surface area contributed by atoms with Gasteiger partial charge in [-0.05, 0) is 31.0 Å². The molecular formula is C15H17F2N3O. The van der Waals surface area contributed by atoms with Crippen molar-refractivity contribution in [2.24, 2.45) is 0 Å². The van der Waals surface area contributed by atoms with E-state index in [0.717, 1.165) is 17.0 Å². The van der Waals surface area contributed by atoms with Crippen molar-refractivity contribution in [1.82, 2.24) is 9.78 Å². The summed E-state index contributed by atoms with van der Waals surface area (Å²) >= 11 is 0. The van der Waals surface area contributed by atoms with Gasteiger partial charge in [-0.25, -0.2) is 13.5 Å². The first-order chi connectivity index (χ1) is 10.1. The van der Waals surface area contributed by atoms with Gasteiger partial charge in [-0.3, -0.25) is 0 Å². The van der Waals surface area contributed by atoms with E-state index < -0.39 is 12.5 Å². The van der Waals surface area contributed by atoms with E-state index in [1.165, 1.54) is 4.68 Å². The molecule has 2 heterocycles. The molecule has 1 aromatic heterocycles. The Hall–Kier alpha value is -2.11. The maximum Gasteiger partial charge on any atom is 0.260 e. The molecule has 0 aliphatic carbocycles. The Kier molecular flexibility index (Phi) is 3.53. The quantitative estimate of drug-likeness (QED) is 0.940. The number of aromatic nitrogens is 2. The highest BCUT2D eigenvalue weighted by molar-refractivity contribution is 5.44. The first-order valence-electron chi connectivity index (χ1n) is 6.83. The number of anilines is 1. The number of nitrogens with zero attached hydrogens (tertiary/aromatic N) is 2. The minimum Gasteiger partial charge on any atom is -0.497 e. The summed E-state index contributed by atoms with van der Waals surface area (Å²) in [7, 11) is 1.59. The molecule has 2 aromatic rings. The lowest BCUT2D eigenvalue weighted by atomic mass is 9.97. The summed E-state index contributed by atoms with van der Waals surface area (Å²) in [5.74, 6) is 1.36. The van der Waals surface area contributed by atoms with Crippen molar-refractivity contribution >= 4 is 5.82 Å². The molecule has 0 amide bonds. The normalized spacial score (nSPS) is 21.0. The molecular weight excluding hydrogens is 276 g/mol. The first-order valence-corrected chi connectivity index (χ1v) is 6.83. The lowest BCUT2D eigenvalue weighted by Gasteiger charge is -2.32. The van der Waals surface area contributed by atoms with Crippen molar-refractivity contribution in [2.75, 3.05) is 12.4 Å². The third-order valence-electron chi connectivity index (χ3n) is 3.76. The van der Waals surface area contributed by atoms with Gasteiger partial charge in [-0.15, -0.1) is 0 Å². The van der Waals surface area contributed by atoms with Gasteiger partial charge in [0.2, 0.25) is 0 Å². The van der Waals surface area contributed by atoms with Crippen LogP contribution in [0.15, 0.2) is 30.3 Å². The van der Waals surface area contributed by atoms with E-state index in [-0.39, 0.29) is 6.04 Å². The number of nitrogens with one attached hydrogen (secondary N) is 1. The Morgan fingerprint density at radius 2 is 2.19 bits per heavy atom. The number of methoxy groups -OCH3 is 1. The van der Waals surface area contributed by atoms with Crippen molar-refractivity contribution in [3.05, 3.63) is 41.6 Å². The van der Waals surface area contributed by atoms with Gasteiger partial charge in [0.15, 0.2) is 0 Å². The Balaban J connectivity index is 1.95. The lowest BCUT2D eigenvalue weighted by Crippen LogP contribution is -2.30. The Labute approximate surface area is 121 Å². The summed E-state index contributed by atoms with van der Waals surface area (Å²) < 4.78 is 33.3. The molecule has 0 spiro atoms. The molecule has 0 fully saturated rings. The number of halogens is 2. The van der Waals surface area contributed by atoms with Crippen molar-refractivity contribution in [3.8, 4) is 5.75 Å². The van der Waals surface area contributed by atoms with Crippen molar-refractivity contribution < 1.29 is 13.5 Å². The van der Waals surface area contributed by atoms with Gasteiger partial charge >= 0.3 is 0 Å². The molecule has 1 aliphatic rings. The van der Waals surface area contributed by atoms with Crippen LogP contribution in [-0.2, 0) is 0 Å². The van der Waals surface area contributed by atoms with Crippen LogP contribution < -0.4 is 10.1 Å². The first kappa shape index (κ1) is 13.9. The van der Waals surface area contributed by atoms with Gasteiger partial charge in [-0.1, -0.05) is 12.1 Å². The van der Waals surface area contributed by atoms with Crippen LogP contribution in [0.25, 0.3) is 0 Å². The predicted octanol–water partition coefficient (Wildman–Crippen LogP) is 3.56. The van der Waals surface area contributed by atoms with Crippen LogP contribution in [0.2, 0.25) is 0 Å². The zero-order valence-electron chi connectivity index (χ0n) is 11.9. The van der Waals surface area contributed by atoms with E-state index in [0.29, 0.717) is 12.2 Å². The van der Waals surface area contributed by atoms with E-state index in [1.807, 2.05) is 24.3 Å². The number of hydrogen-bond acceptors (Lipinski definition) is 3. The van der Waals surface area contributed by atoms with E-state index in [2.05, 4.69) is 10.4 Å². The standard InChI is InChI=1S/C15H17F2N3O/c1-9-6-14-18-12(8-13(15(16)17)20(14)19-9)10-4-3-5-11(7-10)21-2/h3-7,12-13,15,18H,8H2,1-2H3/t12-,13-/m0/s1. The smallest absolute Gasteiger partial charge is 0.260 e. The molecule has 1 aromatic carbocycles. The molecule has 1 N–H and O–H groups in total. The Morgan fingerprint density at radius 3 is 2.90 bits per heavy atom. The van der Waals surface area contributed by atoms with Gasteiger partial charge < -0.3 is 10.1 Å². The van der Waals surface area contributed by atoms with Crippen molar-refractivity contribution in [3.63, 3.8) is 0 Å². The van der Waals surface area contributed by atoms with E-state index in [4.69, 9.17) is 4.74 Å². The van der Waals surface area contributed by atoms with Crippen molar-refractivity contribution in [1.29, 1.82) is 0 Å². The van der Waals surface area contributed by atoms with Crippen LogP contribution >= 0.6 is 0 Å². The fourth-order valence-corrected chi connectivity index (χ4v) is 2.74. The summed E-state index contributed by atoms with van der Waals surface area (Å²) in [5.41, 5.74) is 1.67. The average Bonchev–Trinajstić information content (AvgIpc) is 2.86. The number of alkyl halides is 2. The molecule has 0 radical (unpaired) electrons. The highest BCUT2D eigenvalue weighted by atomic mass is 19.3. The van der Waals surface area contributed by atoms with Gasteiger partial charge in [0.25, 0.3) is 6.43 Å². The second kappa shape index (κ2) is 5.35. The Bertz CT molecular complexity index is 642. The van der Waals surface area contributed by atoms with E-state index in [1.54, 1.807) is 20.1 Å². The zero-order valence-corrected chi connectivity index (χ0v) is 11.9. The van der Waals surface area contributed by atoms with Gasteiger partial charge in [0.05, 0.1) is 18.8 Å². The summed E-state index contributed by atoms with van der Waals surface area (Å²) in [5, 5.41) is 7.45. The van der Waals surface area contributed by atoms with E-state index >= 15 is 0 Å². The second-order valence-corrected chi connectivity index (χ2v) is 5.23. The maximum atomic E-state index is 13.3. The minimum absolute atomic E-state index is 0.178. The van der Waals surface area contributed by atoms with Crippen LogP contribution in [-0.4, -0.2) is 23.3 Å². The monoisotopic (exact) mass is 293 g/mol. The molecule has 0 bridgehead atoms. The molecule has 2 atom stereocenters. The van der Waals surface area contributed by atoms with Gasteiger partial charge in [0.1, 0.15) is 17.6 Å². The lowest BCUT2D eigenvalue weighted by molar-refractivity contribution is 0.0657. The molecule has 3 rings (SSSR count). The fourth-order valence-electron chi connectivity index (χ4n) is 2.74. The minimum atomic E-state index is -2.45. The van der Waals surface area contributed by atoms with Crippen molar-refractivity contribution in [2.45, 2.75) is 31.9 Å². The third-order valence-corrected chi connectivity index (χ3v) is 3.76. The number of fused-ring (bicyclic) bond motifs is 1. The van der Waals surface area contributed by atoms with E-state index in [9.17, 15) is 8.78 Å². The topological polar surface area (TPSA) is 39.1 Å². The Morgan fingerprint density at radius 1 is 1.38 bits per heavy atom. The average molecular weight is 293 g/mol. The summed E-state index contributed by atoms with van der Waals surface area (Å²) in [6.07, 6.45) is -2.16. The number of benzene rings is 1.